The predicted octanol–water partition coefficient (Wildman–Crippen LogP) is 0.575. The minimum absolute atomic E-state index is 0.176. The van der Waals surface area contributed by atoms with Gasteiger partial charge in [0.05, 0.1) is 19.1 Å². The van der Waals surface area contributed by atoms with Gasteiger partial charge in [-0.1, -0.05) is 30.3 Å². The summed E-state index contributed by atoms with van der Waals surface area (Å²) in [5.41, 5.74) is 0.889. The first-order chi connectivity index (χ1) is 10.0. The average molecular weight is 290 g/mol. The Kier molecular flexibility index (Phi) is 5.47. The number of aliphatic hydroxyl groups excluding tert-OH is 1. The Labute approximate surface area is 125 Å². The van der Waals surface area contributed by atoms with E-state index in [1.165, 1.54) is 0 Å². The van der Waals surface area contributed by atoms with Crippen molar-refractivity contribution in [2.75, 3.05) is 20.1 Å². The van der Waals surface area contributed by atoms with Crippen LogP contribution in [0.2, 0.25) is 0 Å². The molecule has 1 fully saturated rings. The summed E-state index contributed by atoms with van der Waals surface area (Å²) < 4.78 is 0. The topological polar surface area (TPSA) is 69.6 Å². The molecule has 5 heteroatoms. The van der Waals surface area contributed by atoms with Crippen LogP contribution in [-0.2, 0) is 16.0 Å². The lowest BCUT2D eigenvalue weighted by molar-refractivity contribution is -0.130. The Morgan fingerprint density at radius 2 is 1.90 bits per heavy atom. The summed E-state index contributed by atoms with van der Waals surface area (Å²) in [4.78, 5) is 25.4. The van der Waals surface area contributed by atoms with Crippen LogP contribution in [0.25, 0.3) is 0 Å². The normalized spacial score (nSPS) is 20.9. The molecule has 2 N–H and O–H groups in total. The number of benzene rings is 1. The van der Waals surface area contributed by atoms with Gasteiger partial charge < -0.3 is 5.11 Å². The molecule has 0 spiro atoms. The summed E-state index contributed by atoms with van der Waals surface area (Å²) in [5.74, 6) is -0.102. The fraction of sp³-hybridized carbons (Fsp3) is 0.500. The fourth-order valence-electron chi connectivity index (χ4n) is 2.62. The highest BCUT2D eigenvalue weighted by atomic mass is 16.3. The van der Waals surface area contributed by atoms with Gasteiger partial charge in [0, 0.05) is 6.54 Å². The van der Waals surface area contributed by atoms with Gasteiger partial charge in [-0.25, -0.2) is 0 Å². The van der Waals surface area contributed by atoms with Gasteiger partial charge in [-0.2, -0.15) is 0 Å². The molecule has 2 rings (SSSR count). The number of carbonyl (C=O) groups is 2. The lowest BCUT2D eigenvalue weighted by Crippen LogP contribution is -2.43. The Morgan fingerprint density at radius 1 is 1.24 bits per heavy atom. The number of amides is 2. The molecule has 0 saturated heterocycles. The molecular formula is C16H22N2O3. The van der Waals surface area contributed by atoms with Crippen molar-refractivity contribution in [3.8, 4) is 0 Å². The Morgan fingerprint density at radius 3 is 2.52 bits per heavy atom. The van der Waals surface area contributed by atoms with Crippen LogP contribution in [0.3, 0.4) is 0 Å². The monoisotopic (exact) mass is 290 g/mol. The quantitative estimate of drug-likeness (QED) is 0.804. The number of rotatable bonds is 6. The maximum atomic E-state index is 11.8. The minimum Gasteiger partial charge on any atom is -0.393 e. The van der Waals surface area contributed by atoms with Crippen molar-refractivity contribution in [3.05, 3.63) is 35.9 Å². The molecule has 1 aromatic carbocycles. The van der Waals surface area contributed by atoms with E-state index in [2.05, 4.69) is 5.32 Å². The van der Waals surface area contributed by atoms with E-state index in [1.807, 2.05) is 42.3 Å². The molecule has 0 heterocycles. The van der Waals surface area contributed by atoms with E-state index in [9.17, 15) is 14.7 Å². The predicted molar refractivity (Wildman–Crippen MR) is 79.5 cm³/mol. The smallest absolute Gasteiger partial charge is 0.240 e. The summed E-state index contributed by atoms with van der Waals surface area (Å²) in [5, 5.41) is 11.6. The van der Waals surface area contributed by atoms with Gasteiger partial charge in [0.2, 0.25) is 11.8 Å². The molecule has 21 heavy (non-hydrogen) atoms. The Hall–Kier alpha value is -1.72. The van der Waals surface area contributed by atoms with Crippen LogP contribution in [0.15, 0.2) is 30.3 Å². The molecule has 1 aromatic rings. The summed E-state index contributed by atoms with van der Waals surface area (Å²) >= 11 is 0. The molecule has 0 radical (unpaired) electrons. The number of hydrogen-bond donors (Lipinski definition) is 2. The van der Waals surface area contributed by atoms with E-state index in [1.54, 1.807) is 0 Å². The third-order valence-corrected chi connectivity index (χ3v) is 3.68. The maximum Gasteiger partial charge on any atom is 0.240 e. The van der Waals surface area contributed by atoms with Crippen molar-refractivity contribution in [2.24, 2.45) is 5.92 Å². The van der Waals surface area contributed by atoms with Gasteiger partial charge in [0.1, 0.15) is 0 Å². The van der Waals surface area contributed by atoms with Crippen LogP contribution in [-0.4, -0.2) is 48.1 Å². The second-order valence-corrected chi connectivity index (χ2v) is 5.82. The van der Waals surface area contributed by atoms with Gasteiger partial charge in [-0.15, -0.1) is 0 Å². The van der Waals surface area contributed by atoms with Crippen LogP contribution >= 0.6 is 0 Å². The number of aliphatic hydroxyl groups is 1. The van der Waals surface area contributed by atoms with Crippen molar-refractivity contribution in [1.29, 1.82) is 0 Å². The minimum atomic E-state index is -0.279. The highest BCUT2D eigenvalue weighted by Crippen LogP contribution is 2.27. The third kappa shape index (κ3) is 5.28. The van der Waals surface area contributed by atoms with Gasteiger partial charge in [-0.3, -0.25) is 19.8 Å². The highest BCUT2D eigenvalue weighted by molar-refractivity contribution is 5.96. The van der Waals surface area contributed by atoms with Crippen LogP contribution in [0.5, 0.6) is 0 Å². The lowest BCUT2D eigenvalue weighted by Gasteiger charge is -2.34. The molecule has 0 atom stereocenters. The number of carbonyl (C=O) groups excluding carboxylic acids is 2. The van der Waals surface area contributed by atoms with E-state index < -0.39 is 0 Å². The van der Waals surface area contributed by atoms with Crippen molar-refractivity contribution < 1.29 is 14.7 Å². The van der Waals surface area contributed by atoms with Crippen molar-refractivity contribution >= 4 is 11.8 Å². The van der Waals surface area contributed by atoms with Crippen molar-refractivity contribution in [1.82, 2.24) is 10.2 Å². The zero-order valence-corrected chi connectivity index (χ0v) is 12.3. The average Bonchev–Trinajstić information content (AvgIpc) is 2.37. The van der Waals surface area contributed by atoms with Crippen LogP contribution in [0.4, 0.5) is 0 Å². The van der Waals surface area contributed by atoms with Crippen LogP contribution in [0, 0.1) is 5.92 Å². The first-order valence-electron chi connectivity index (χ1n) is 7.26. The fourth-order valence-corrected chi connectivity index (χ4v) is 2.62. The van der Waals surface area contributed by atoms with E-state index in [4.69, 9.17) is 0 Å². The van der Waals surface area contributed by atoms with Crippen LogP contribution < -0.4 is 5.32 Å². The number of hydrogen-bond acceptors (Lipinski definition) is 4. The van der Waals surface area contributed by atoms with Gasteiger partial charge in [-0.05, 0) is 31.4 Å². The van der Waals surface area contributed by atoms with Crippen LogP contribution in [0.1, 0.15) is 18.4 Å². The van der Waals surface area contributed by atoms with E-state index in [-0.39, 0.29) is 30.9 Å². The number of likely N-dealkylation sites (N-methyl/N-ethyl adjacent to an activating group) is 1. The molecule has 5 nitrogen and oxygen atoms in total. The maximum absolute atomic E-state index is 11.8. The molecule has 0 bridgehead atoms. The molecule has 1 aliphatic rings. The molecular weight excluding hydrogens is 268 g/mol. The van der Waals surface area contributed by atoms with Gasteiger partial charge >= 0.3 is 0 Å². The second-order valence-electron chi connectivity index (χ2n) is 5.82. The first-order valence-corrected chi connectivity index (χ1v) is 7.26. The second kappa shape index (κ2) is 7.33. The summed E-state index contributed by atoms with van der Waals surface area (Å²) in [7, 11) is 1.85. The molecule has 0 aromatic heterocycles. The molecule has 2 amide bonds. The van der Waals surface area contributed by atoms with E-state index >= 15 is 0 Å². The van der Waals surface area contributed by atoms with E-state index in [0.29, 0.717) is 5.92 Å². The number of nitrogens with zero attached hydrogens (tertiary/aromatic N) is 1. The van der Waals surface area contributed by atoms with Crippen molar-refractivity contribution in [3.63, 3.8) is 0 Å². The largest absolute Gasteiger partial charge is 0.393 e. The molecule has 0 aliphatic heterocycles. The third-order valence-electron chi connectivity index (χ3n) is 3.68. The number of nitrogens with one attached hydrogen (secondary N) is 1. The molecule has 1 saturated carbocycles. The zero-order chi connectivity index (χ0) is 15.2. The molecule has 114 valence electrons. The summed E-state index contributed by atoms with van der Waals surface area (Å²) in [6.45, 7) is 0.977. The highest BCUT2D eigenvalue weighted by Gasteiger charge is 2.28. The van der Waals surface area contributed by atoms with E-state index in [0.717, 1.165) is 24.9 Å². The Bertz CT molecular complexity index is 484. The lowest BCUT2D eigenvalue weighted by atomic mass is 9.82. The summed E-state index contributed by atoms with van der Waals surface area (Å²) in [6, 6.07) is 9.34. The van der Waals surface area contributed by atoms with Gasteiger partial charge in [0.15, 0.2) is 0 Å². The standard InChI is InChI=1S/C16H22N2O3/c1-18(10-13-7-14(19)8-13)11-16(21)17-15(20)9-12-5-3-2-4-6-12/h2-6,13-14,19H,7-11H2,1H3,(H,17,20,21). The SMILES string of the molecule is CN(CC(=O)NC(=O)Cc1ccccc1)CC1CC(O)C1. The Balaban J connectivity index is 1.67. The molecule has 0 unspecified atom stereocenters. The zero-order valence-electron chi connectivity index (χ0n) is 12.3. The number of imide groups is 1. The van der Waals surface area contributed by atoms with Crippen molar-refractivity contribution in [2.45, 2.75) is 25.4 Å². The van der Waals surface area contributed by atoms with Gasteiger partial charge in [0.25, 0.3) is 0 Å². The first kappa shape index (κ1) is 15.7. The summed E-state index contributed by atoms with van der Waals surface area (Å²) in [6.07, 6.45) is 1.65. The molecule has 1 aliphatic carbocycles.